The zero-order valence-corrected chi connectivity index (χ0v) is 28.1. The molecule has 0 saturated carbocycles. The Morgan fingerprint density at radius 2 is 1.62 bits per heavy atom. The van der Waals surface area contributed by atoms with E-state index in [1.165, 1.54) is 5.56 Å². The Bertz CT molecular complexity index is 1370. The number of carbonyl (C=O) groups excluding carboxylic acids is 2. The third-order valence-corrected chi connectivity index (χ3v) is 8.56. The van der Waals surface area contributed by atoms with Crippen molar-refractivity contribution in [2.24, 2.45) is 5.92 Å². The van der Waals surface area contributed by atoms with Crippen LogP contribution in [0.4, 0.5) is 5.69 Å². The van der Waals surface area contributed by atoms with Crippen molar-refractivity contribution in [3.8, 4) is 11.1 Å². The lowest BCUT2D eigenvalue weighted by Crippen LogP contribution is -2.42. The minimum atomic E-state index is -0.242. The van der Waals surface area contributed by atoms with E-state index in [4.69, 9.17) is 9.47 Å². The standard InChI is InChI=1S/C37H52N4O4/c1-25(2)23-41(32-12-16-44-17-13-32)35-21-31(30-10-8-29(9-11-30)24-40-14-18-45-19-15-40)20-33(28(35)7)36(42)38-22-34(26(3)4)37(43)39-27(5)6/h8-11,20-21,25,32H,5,12-19,22-24H2,1-4,6-7H3,(H,38,42)(H,39,43). The van der Waals surface area contributed by atoms with Crippen LogP contribution in [0.3, 0.4) is 0 Å². The van der Waals surface area contributed by atoms with Gasteiger partial charge in [0, 0.05) is 74.5 Å². The Labute approximate surface area is 269 Å². The Balaban J connectivity index is 1.70. The summed E-state index contributed by atoms with van der Waals surface area (Å²) in [4.78, 5) is 31.7. The zero-order valence-electron chi connectivity index (χ0n) is 28.1. The predicted octanol–water partition coefficient (Wildman–Crippen LogP) is 5.85. The van der Waals surface area contributed by atoms with Gasteiger partial charge in [-0.15, -0.1) is 0 Å². The molecule has 2 saturated heterocycles. The van der Waals surface area contributed by atoms with Crippen molar-refractivity contribution >= 4 is 17.5 Å². The van der Waals surface area contributed by atoms with Gasteiger partial charge in [-0.2, -0.15) is 0 Å². The highest BCUT2D eigenvalue weighted by Gasteiger charge is 2.27. The van der Waals surface area contributed by atoms with Gasteiger partial charge in [0.2, 0.25) is 0 Å². The molecule has 8 heteroatoms. The lowest BCUT2D eigenvalue weighted by atomic mass is 9.94. The fourth-order valence-corrected chi connectivity index (χ4v) is 6.07. The number of allylic oxidation sites excluding steroid dienone is 2. The summed E-state index contributed by atoms with van der Waals surface area (Å²) in [6, 6.07) is 13.3. The molecule has 2 aromatic rings. The summed E-state index contributed by atoms with van der Waals surface area (Å²) in [6.45, 7) is 22.7. The maximum atomic E-state index is 13.9. The fraction of sp³-hybridized carbons (Fsp3) is 0.514. The summed E-state index contributed by atoms with van der Waals surface area (Å²) in [5, 5.41) is 5.82. The highest BCUT2D eigenvalue weighted by molar-refractivity contribution is 6.01. The van der Waals surface area contributed by atoms with E-state index in [1.54, 1.807) is 6.92 Å². The number of anilines is 1. The van der Waals surface area contributed by atoms with Crippen LogP contribution in [-0.2, 0) is 20.8 Å². The molecule has 0 aromatic heterocycles. The van der Waals surface area contributed by atoms with Crippen molar-refractivity contribution in [2.45, 2.75) is 67.0 Å². The van der Waals surface area contributed by atoms with Crippen molar-refractivity contribution in [3.63, 3.8) is 0 Å². The summed E-state index contributed by atoms with van der Waals surface area (Å²) in [7, 11) is 0. The summed E-state index contributed by atoms with van der Waals surface area (Å²) >= 11 is 0. The average Bonchev–Trinajstić information content (AvgIpc) is 3.01. The first-order chi connectivity index (χ1) is 21.5. The van der Waals surface area contributed by atoms with Crippen LogP contribution in [0.15, 0.2) is 59.8 Å². The van der Waals surface area contributed by atoms with Gasteiger partial charge < -0.3 is 25.0 Å². The van der Waals surface area contributed by atoms with Crippen LogP contribution < -0.4 is 15.5 Å². The molecule has 2 aliphatic heterocycles. The van der Waals surface area contributed by atoms with Crippen LogP contribution in [0.25, 0.3) is 11.1 Å². The van der Waals surface area contributed by atoms with E-state index in [0.29, 0.717) is 28.8 Å². The summed E-state index contributed by atoms with van der Waals surface area (Å²) in [6.07, 6.45) is 1.91. The Morgan fingerprint density at radius 3 is 2.22 bits per heavy atom. The molecule has 4 rings (SSSR count). The number of carbonyl (C=O) groups is 2. The lowest BCUT2D eigenvalue weighted by molar-refractivity contribution is -0.116. The van der Waals surface area contributed by atoms with Crippen LogP contribution >= 0.6 is 0 Å². The first-order valence-electron chi connectivity index (χ1n) is 16.3. The average molecular weight is 617 g/mol. The SMILES string of the molecule is C=C(C)NC(=O)C(CNC(=O)c1cc(-c2ccc(CN3CCOCC3)cc2)cc(N(CC(C)C)C2CCOCC2)c1C)=C(C)C. The number of ether oxygens (including phenoxy) is 2. The van der Waals surface area contributed by atoms with Gasteiger partial charge in [-0.1, -0.05) is 50.3 Å². The highest BCUT2D eigenvalue weighted by atomic mass is 16.5. The normalized spacial score (nSPS) is 15.9. The molecule has 0 unspecified atom stereocenters. The lowest BCUT2D eigenvalue weighted by Gasteiger charge is -2.38. The quantitative estimate of drug-likeness (QED) is 0.291. The van der Waals surface area contributed by atoms with E-state index in [0.717, 1.165) is 93.4 Å². The number of nitrogens with one attached hydrogen (secondary N) is 2. The molecule has 0 radical (unpaired) electrons. The molecule has 45 heavy (non-hydrogen) atoms. The Kier molecular flexibility index (Phi) is 12.4. The second kappa shape index (κ2) is 16.2. The Morgan fingerprint density at radius 1 is 0.978 bits per heavy atom. The van der Waals surface area contributed by atoms with E-state index in [1.807, 2.05) is 26.8 Å². The molecule has 8 nitrogen and oxygen atoms in total. The van der Waals surface area contributed by atoms with E-state index < -0.39 is 0 Å². The van der Waals surface area contributed by atoms with E-state index in [-0.39, 0.29) is 18.4 Å². The Hall–Kier alpha value is -3.46. The molecule has 2 heterocycles. The summed E-state index contributed by atoms with van der Waals surface area (Å²) < 4.78 is 11.2. The number of hydrogen-bond acceptors (Lipinski definition) is 6. The van der Waals surface area contributed by atoms with Gasteiger partial charge >= 0.3 is 0 Å². The second-order valence-electron chi connectivity index (χ2n) is 13.0. The molecule has 0 spiro atoms. The minimum Gasteiger partial charge on any atom is -0.381 e. The van der Waals surface area contributed by atoms with E-state index in [2.05, 4.69) is 71.2 Å². The van der Waals surface area contributed by atoms with Gasteiger partial charge in [0.1, 0.15) is 0 Å². The van der Waals surface area contributed by atoms with Gasteiger partial charge in [0.25, 0.3) is 11.8 Å². The first-order valence-corrected chi connectivity index (χ1v) is 16.3. The largest absolute Gasteiger partial charge is 0.381 e. The predicted molar refractivity (Wildman–Crippen MR) is 182 cm³/mol. The van der Waals surface area contributed by atoms with Gasteiger partial charge in [-0.05, 0) is 80.8 Å². The molecule has 244 valence electrons. The van der Waals surface area contributed by atoms with Crippen molar-refractivity contribution in [3.05, 3.63) is 76.5 Å². The fourth-order valence-electron chi connectivity index (χ4n) is 6.07. The van der Waals surface area contributed by atoms with Crippen LogP contribution in [0.2, 0.25) is 0 Å². The van der Waals surface area contributed by atoms with Crippen LogP contribution in [0, 0.1) is 12.8 Å². The molecule has 2 aliphatic rings. The maximum absolute atomic E-state index is 13.9. The maximum Gasteiger partial charge on any atom is 0.253 e. The van der Waals surface area contributed by atoms with Gasteiger partial charge in [0.15, 0.2) is 0 Å². The van der Waals surface area contributed by atoms with Crippen molar-refractivity contribution in [1.29, 1.82) is 0 Å². The van der Waals surface area contributed by atoms with Gasteiger partial charge in [-0.3, -0.25) is 14.5 Å². The smallest absolute Gasteiger partial charge is 0.253 e. The first kappa shape index (κ1) is 34.4. The number of rotatable bonds is 12. The van der Waals surface area contributed by atoms with Gasteiger partial charge in [0.05, 0.1) is 13.2 Å². The third kappa shape index (κ3) is 9.52. The van der Waals surface area contributed by atoms with Crippen molar-refractivity contribution in [2.75, 3.05) is 57.5 Å². The van der Waals surface area contributed by atoms with Crippen LogP contribution in [0.1, 0.15) is 68.9 Å². The van der Waals surface area contributed by atoms with Crippen molar-refractivity contribution in [1.82, 2.24) is 15.5 Å². The van der Waals surface area contributed by atoms with E-state index >= 15 is 0 Å². The minimum absolute atomic E-state index is 0.130. The van der Waals surface area contributed by atoms with Crippen molar-refractivity contribution < 1.29 is 19.1 Å². The number of morpholine rings is 1. The van der Waals surface area contributed by atoms with Crippen LogP contribution in [0.5, 0.6) is 0 Å². The molecule has 2 aromatic carbocycles. The summed E-state index contributed by atoms with van der Waals surface area (Å²) in [5.41, 5.74) is 7.91. The molecular weight excluding hydrogens is 564 g/mol. The number of nitrogens with zero attached hydrogens (tertiary/aromatic N) is 2. The molecular formula is C37H52N4O4. The summed E-state index contributed by atoms with van der Waals surface area (Å²) in [5.74, 6) is 0.00588. The second-order valence-corrected chi connectivity index (χ2v) is 13.0. The number of benzene rings is 2. The third-order valence-electron chi connectivity index (χ3n) is 8.56. The monoisotopic (exact) mass is 616 g/mol. The topological polar surface area (TPSA) is 83.1 Å². The van der Waals surface area contributed by atoms with Crippen LogP contribution in [-0.4, -0.2) is 75.4 Å². The molecule has 0 bridgehead atoms. The molecule has 2 fully saturated rings. The number of hydrogen-bond donors (Lipinski definition) is 2. The highest BCUT2D eigenvalue weighted by Crippen LogP contribution is 2.35. The zero-order chi connectivity index (χ0) is 32.5. The molecule has 2 amide bonds. The molecule has 0 atom stereocenters. The molecule has 0 aliphatic carbocycles. The molecule has 2 N–H and O–H groups in total. The van der Waals surface area contributed by atoms with Gasteiger partial charge in [-0.25, -0.2) is 0 Å². The van der Waals surface area contributed by atoms with E-state index in [9.17, 15) is 9.59 Å². The number of amides is 2.